The Labute approximate surface area is 115 Å². The lowest BCUT2D eigenvalue weighted by Gasteiger charge is -2.18. The summed E-state index contributed by atoms with van der Waals surface area (Å²) in [5.41, 5.74) is 0.897. The predicted octanol–water partition coefficient (Wildman–Crippen LogP) is 4.32. The first-order valence-corrected chi connectivity index (χ1v) is 6.73. The van der Waals surface area contributed by atoms with E-state index in [9.17, 15) is 0 Å². The van der Waals surface area contributed by atoms with Gasteiger partial charge in [-0.3, -0.25) is 0 Å². The molecule has 0 radical (unpaired) electrons. The van der Waals surface area contributed by atoms with Gasteiger partial charge in [0, 0.05) is 11.1 Å². The molecular weight excluding hydrogens is 244 g/mol. The third kappa shape index (κ3) is 4.68. The number of halogens is 1. The number of nitriles is 1. The zero-order valence-corrected chi connectivity index (χ0v) is 12.1. The standard InChI is InChI=1S/C15H21ClN2/c1-12(13-7-4-5-8-14(13)16)18-10-6-9-15(2,3)11-17/h4-5,7-8,12,18H,6,9-10H2,1-3H3/t12-/m0/s1. The molecule has 1 rings (SSSR count). The molecule has 0 bridgehead atoms. The third-order valence-corrected chi connectivity index (χ3v) is 3.45. The summed E-state index contributed by atoms with van der Waals surface area (Å²) in [5.74, 6) is 0. The van der Waals surface area contributed by atoms with Gasteiger partial charge in [0.2, 0.25) is 0 Å². The molecule has 2 nitrogen and oxygen atoms in total. The molecule has 0 aliphatic rings. The van der Waals surface area contributed by atoms with E-state index in [1.807, 2.05) is 38.1 Å². The number of benzene rings is 1. The first kappa shape index (κ1) is 15.0. The zero-order chi connectivity index (χ0) is 13.6. The number of rotatable bonds is 6. The molecule has 0 heterocycles. The van der Waals surface area contributed by atoms with Crippen LogP contribution in [0.1, 0.15) is 45.2 Å². The molecule has 0 fully saturated rings. The van der Waals surface area contributed by atoms with Crippen molar-refractivity contribution in [1.29, 1.82) is 5.26 Å². The fraction of sp³-hybridized carbons (Fsp3) is 0.533. The molecule has 0 saturated heterocycles. The number of nitrogens with zero attached hydrogens (tertiary/aromatic N) is 1. The van der Waals surface area contributed by atoms with Gasteiger partial charge in [0.25, 0.3) is 0 Å². The van der Waals surface area contributed by atoms with Crippen LogP contribution < -0.4 is 5.32 Å². The summed E-state index contributed by atoms with van der Waals surface area (Å²) >= 11 is 6.14. The Morgan fingerprint density at radius 1 is 1.39 bits per heavy atom. The van der Waals surface area contributed by atoms with Crippen LogP contribution in [0, 0.1) is 16.7 Å². The van der Waals surface area contributed by atoms with E-state index in [1.165, 1.54) is 0 Å². The number of hydrogen-bond acceptors (Lipinski definition) is 2. The van der Waals surface area contributed by atoms with E-state index in [4.69, 9.17) is 16.9 Å². The van der Waals surface area contributed by atoms with Crippen LogP contribution >= 0.6 is 11.6 Å². The van der Waals surface area contributed by atoms with Gasteiger partial charge in [0.15, 0.2) is 0 Å². The van der Waals surface area contributed by atoms with Crippen LogP contribution in [0.5, 0.6) is 0 Å². The van der Waals surface area contributed by atoms with E-state index in [0.717, 1.165) is 30.0 Å². The first-order chi connectivity index (χ1) is 8.46. The lowest BCUT2D eigenvalue weighted by atomic mass is 9.90. The normalized spacial score (nSPS) is 13.1. The van der Waals surface area contributed by atoms with Crippen LogP contribution in [0.2, 0.25) is 5.02 Å². The topological polar surface area (TPSA) is 35.8 Å². The smallest absolute Gasteiger partial charge is 0.0683 e. The highest BCUT2D eigenvalue weighted by atomic mass is 35.5. The lowest BCUT2D eigenvalue weighted by Crippen LogP contribution is -2.21. The highest BCUT2D eigenvalue weighted by molar-refractivity contribution is 6.31. The van der Waals surface area contributed by atoms with E-state index in [1.54, 1.807) is 0 Å². The quantitative estimate of drug-likeness (QED) is 0.777. The molecule has 0 aliphatic carbocycles. The van der Waals surface area contributed by atoms with Gasteiger partial charge < -0.3 is 5.32 Å². The van der Waals surface area contributed by atoms with Gasteiger partial charge in [0.05, 0.1) is 11.5 Å². The molecule has 1 aromatic rings. The largest absolute Gasteiger partial charge is 0.310 e. The van der Waals surface area contributed by atoms with Crippen molar-refractivity contribution >= 4 is 11.6 Å². The van der Waals surface area contributed by atoms with Crippen LogP contribution in [0.3, 0.4) is 0 Å². The number of nitrogens with one attached hydrogen (secondary N) is 1. The molecule has 0 aromatic heterocycles. The van der Waals surface area contributed by atoms with E-state index >= 15 is 0 Å². The second kappa shape index (κ2) is 6.78. The SMILES string of the molecule is C[C@H](NCCCC(C)(C)C#N)c1ccccc1Cl. The summed E-state index contributed by atoms with van der Waals surface area (Å²) in [6, 6.07) is 10.4. The van der Waals surface area contributed by atoms with E-state index in [2.05, 4.69) is 18.3 Å². The second-order valence-corrected chi connectivity index (χ2v) is 5.70. The molecule has 1 N–H and O–H groups in total. The van der Waals surface area contributed by atoms with Crippen molar-refractivity contribution in [2.45, 2.75) is 39.7 Å². The molecule has 1 atom stereocenters. The average Bonchev–Trinajstić information content (AvgIpc) is 2.35. The van der Waals surface area contributed by atoms with Crippen molar-refractivity contribution in [3.05, 3.63) is 34.9 Å². The Bertz CT molecular complexity index is 421. The molecular formula is C15H21ClN2. The summed E-state index contributed by atoms with van der Waals surface area (Å²) in [5, 5.41) is 13.2. The van der Waals surface area contributed by atoms with Crippen molar-refractivity contribution in [3.63, 3.8) is 0 Å². The minimum absolute atomic E-state index is 0.227. The molecule has 3 heteroatoms. The van der Waals surface area contributed by atoms with Gasteiger partial charge in [0.1, 0.15) is 0 Å². The molecule has 18 heavy (non-hydrogen) atoms. The fourth-order valence-corrected chi connectivity index (χ4v) is 2.14. The maximum absolute atomic E-state index is 8.93. The Morgan fingerprint density at radius 3 is 2.67 bits per heavy atom. The van der Waals surface area contributed by atoms with Crippen molar-refractivity contribution in [2.24, 2.45) is 5.41 Å². The van der Waals surface area contributed by atoms with Crippen molar-refractivity contribution in [1.82, 2.24) is 5.32 Å². The van der Waals surface area contributed by atoms with E-state index < -0.39 is 0 Å². The van der Waals surface area contributed by atoms with Gasteiger partial charge in [-0.2, -0.15) is 5.26 Å². The molecule has 0 aliphatic heterocycles. The first-order valence-electron chi connectivity index (χ1n) is 6.35. The van der Waals surface area contributed by atoms with Gasteiger partial charge in [-0.1, -0.05) is 29.8 Å². The van der Waals surface area contributed by atoms with Crippen LogP contribution in [0.15, 0.2) is 24.3 Å². The average molecular weight is 265 g/mol. The van der Waals surface area contributed by atoms with Crippen LogP contribution in [-0.4, -0.2) is 6.54 Å². The fourth-order valence-electron chi connectivity index (χ4n) is 1.84. The summed E-state index contributed by atoms with van der Waals surface area (Å²) in [6.07, 6.45) is 1.90. The van der Waals surface area contributed by atoms with Crippen LogP contribution in [0.25, 0.3) is 0 Å². The summed E-state index contributed by atoms with van der Waals surface area (Å²) in [6.45, 7) is 6.96. The van der Waals surface area contributed by atoms with Gasteiger partial charge in [-0.05, 0) is 51.8 Å². The second-order valence-electron chi connectivity index (χ2n) is 5.30. The Balaban J connectivity index is 2.37. The molecule has 0 unspecified atom stereocenters. The Kier molecular flexibility index (Phi) is 5.65. The molecule has 0 saturated carbocycles. The molecule has 98 valence electrons. The predicted molar refractivity (Wildman–Crippen MR) is 76.5 cm³/mol. The van der Waals surface area contributed by atoms with Crippen molar-refractivity contribution in [2.75, 3.05) is 6.54 Å². The van der Waals surface area contributed by atoms with Crippen LogP contribution in [-0.2, 0) is 0 Å². The third-order valence-electron chi connectivity index (χ3n) is 3.10. The summed E-state index contributed by atoms with van der Waals surface area (Å²) in [7, 11) is 0. The molecule has 0 amide bonds. The Morgan fingerprint density at radius 2 is 2.06 bits per heavy atom. The monoisotopic (exact) mass is 264 g/mol. The van der Waals surface area contributed by atoms with Crippen molar-refractivity contribution < 1.29 is 0 Å². The van der Waals surface area contributed by atoms with Gasteiger partial charge in [-0.15, -0.1) is 0 Å². The van der Waals surface area contributed by atoms with Crippen molar-refractivity contribution in [3.8, 4) is 6.07 Å². The minimum atomic E-state index is -0.227. The molecule has 1 aromatic carbocycles. The van der Waals surface area contributed by atoms with Crippen LogP contribution in [0.4, 0.5) is 0 Å². The highest BCUT2D eigenvalue weighted by Crippen LogP contribution is 2.23. The lowest BCUT2D eigenvalue weighted by molar-refractivity contribution is 0.417. The maximum Gasteiger partial charge on any atom is 0.0683 e. The van der Waals surface area contributed by atoms with Gasteiger partial charge >= 0.3 is 0 Å². The maximum atomic E-state index is 8.93. The highest BCUT2D eigenvalue weighted by Gasteiger charge is 2.16. The molecule has 0 spiro atoms. The van der Waals surface area contributed by atoms with E-state index in [0.29, 0.717) is 0 Å². The zero-order valence-electron chi connectivity index (χ0n) is 11.3. The Hall–Kier alpha value is -1.04. The summed E-state index contributed by atoms with van der Waals surface area (Å²) in [4.78, 5) is 0. The number of hydrogen-bond donors (Lipinski definition) is 1. The van der Waals surface area contributed by atoms with E-state index in [-0.39, 0.29) is 11.5 Å². The van der Waals surface area contributed by atoms with Gasteiger partial charge in [-0.25, -0.2) is 0 Å². The minimum Gasteiger partial charge on any atom is -0.310 e. The summed E-state index contributed by atoms with van der Waals surface area (Å²) < 4.78 is 0.